The van der Waals surface area contributed by atoms with Gasteiger partial charge in [0.25, 0.3) is 5.91 Å². The lowest BCUT2D eigenvalue weighted by Gasteiger charge is -2.26. The summed E-state index contributed by atoms with van der Waals surface area (Å²) >= 11 is 0. The second-order valence-electron chi connectivity index (χ2n) is 12.6. The van der Waals surface area contributed by atoms with E-state index in [1.165, 1.54) is 6.20 Å². The number of ether oxygens (including phenoxy) is 4. The van der Waals surface area contributed by atoms with Crippen molar-refractivity contribution in [3.63, 3.8) is 0 Å². The van der Waals surface area contributed by atoms with Crippen LogP contribution in [0.15, 0.2) is 90.0 Å². The van der Waals surface area contributed by atoms with Gasteiger partial charge in [-0.1, -0.05) is 48.0 Å². The van der Waals surface area contributed by atoms with E-state index >= 15 is 0 Å². The van der Waals surface area contributed by atoms with Crippen LogP contribution in [0.5, 0.6) is 11.5 Å². The van der Waals surface area contributed by atoms with Gasteiger partial charge in [-0.3, -0.25) is 9.59 Å². The van der Waals surface area contributed by atoms with E-state index in [4.69, 9.17) is 24.7 Å². The maximum atomic E-state index is 14.2. The third-order valence-electron chi connectivity index (χ3n) is 9.22. The number of hydrogen-bond donors (Lipinski definition) is 2. The Labute approximate surface area is 302 Å². The number of aromatic nitrogens is 2. The number of rotatable bonds is 11. The van der Waals surface area contributed by atoms with Crippen LogP contribution in [0, 0.1) is 12.8 Å². The fourth-order valence-electron chi connectivity index (χ4n) is 6.40. The summed E-state index contributed by atoms with van der Waals surface area (Å²) in [7, 11) is 3.17. The van der Waals surface area contributed by atoms with Crippen molar-refractivity contribution in [3.8, 4) is 44.9 Å². The number of methoxy groups -OCH3 is 2. The highest BCUT2D eigenvalue weighted by Gasteiger charge is 2.28. The lowest BCUT2D eigenvalue weighted by molar-refractivity contribution is 0.0495. The van der Waals surface area contributed by atoms with Gasteiger partial charge in [-0.25, -0.2) is 9.78 Å². The average Bonchev–Trinajstić information content (AvgIpc) is 3.16. The Morgan fingerprint density at radius 2 is 1.58 bits per heavy atom. The van der Waals surface area contributed by atoms with Gasteiger partial charge in [-0.2, -0.15) is 0 Å². The number of hydrogen-bond acceptors (Lipinski definition) is 9. The molecule has 0 unspecified atom stereocenters. The predicted octanol–water partition coefficient (Wildman–Crippen LogP) is 7.01. The van der Waals surface area contributed by atoms with E-state index in [9.17, 15) is 14.4 Å². The molecule has 0 atom stereocenters. The summed E-state index contributed by atoms with van der Waals surface area (Å²) in [6.07, 6.45) is 4.76. The molecule has 1 aliphatic rings. The highest BCUT2D eigenvalue weighted by molar-refractivity contribution is 6.06. The topological polar surface area (TPSA) is 144 Å². The molecule has 2 aromatic heterocycles. The molecular weight excluding hydrogens is 660 g/mol. The van der Waals surface area contributed by atoms with E-state index in [1.807, 2.05) is 55.5 Å². The summed E-state index contributed by atoms with van der Waals surface area (Å²) in [6.45, 7) is 5.43. The molecule has 1 aliphatic heterocycles. The number of nitrogen functional groups attached to an aromatic ring is 1. The normalized spacial score (nSPS) is 13.0. The zero-order chi connectivity index (χ0) is 36.8. The summed E-state index contributed by atoms with van der Waals surface area (Å²) in [4.78, 5) is 46.1. The molecule has 3 heterocycles. The number of carbonyl (C=O) groups is 2. The first kappa shape index (κ1) is 35.9. The molecular formula is C41H42N4O7. The van der Waals surface area contributed by atoms with E-state index < -0.39 is 17.3 Å². The number of nitrogens with one attached hydrogen (secondary N) is 1. The van der Waals surface area contributed by atoms with Crippen molar-refractivity contribution in [1.29, 1.82) is 0 Å². The lowest BCUT2D eigenvalue weighted by Crippen LogP contribution is -2.31. The molecule has 1 fully saturated rings. The molecule has 268 valence electrons. The molecule has 0 radical (unpaired) electrons. The van der Waals surface area contributed by atoms with E-state index in [2.05, 4.69) is 10.3 Å². The van der Waals surface area contributed by atoms with Crippen molar-refractivity contribution in [2.75, 3.05) is 45.1 Å². The minimum absolute atomic E-state index is 0.0872. The number of nitrogens with two attached hydrogens (primary N) is 1. The van der Waals surface area contributed by atoms with Gasteiger partial charge in [-0.05, 0) is 79.6 Å². The third-order valence-corrected chi connectivity index (χ3v) is 9.22. The minimum Gasteiger partial charge on any atom is -0.493 e. The maximum absolute atomic E-state index is 14.2. The SMILES string of the molecule is CCOC(=O)c1c(-c2ccc(C)cc2)c(=O)c(C(=O)Nc2ccc(-c3cc(-c4ccc(OC)c(OC)c4)cnc3N)cc2)cn1CC1CCOCC1. The second kappa shape index (κ2) is 15.9. The van der Waals surface area contributed by atoms with Crippen LogP contribution < -0.4 is 26.0 Å². The molecule has 3 aromatic carbocycles. The Morgan fingerprint density at radius 3 is 2.25 bits per heavy atom. The summed E-state index contributed by atoms with van der Waals surface area (Å²) < 4.78 is 23.6. The smallest absolute Gasteiger partial charge is 0.355 e. The zero-order valence-electron chi connectivity index (χ0n) is 29.7. The zero-order valence-corrected chi connectivity index (χ0v) is 29.7. The number of amides is 1. The van der Waals surface area contributed by atoms with Crippen LogP contribution in [0.4, 0.5) is 11.5 Å². The molecule has 0 saturated carbocycles. The molecule has 0 spiro atoms. The van der Waals surface area contributed by atoms with Gasteiger partial charge < -0.3 is 34.6 Å². The molecule has 52 heavy (non-hydrogen) atoms. The maximum Gasteiger partial charge on any atom is 0.355 e. The van der Waals surface area contributed by atoms with Crippen LogP contribution in [0.2, 0.25) is 0 Å². The first-order valence-corrected chi connectivity index (χ1v) is 17.2. The Morgan fingerprint density at radius 1 is 0.904 bits per heavy atom. The van der Waals surface area contributed by atoms with E-state index in [-0.39, 0.29) is 29.3 Å². The van der Waals surface area contributed by atoms with Gasteiger partial charge in [0.15, 0.2) is 11.5 Å². The van der Waals surface area contributed by atoms with Gasteiger partial charge in [-0.15, -0.1) is 0 Å². The van der Waals surface area contributed by atoms with Gasteiger partial charge in [0.05, 0.1) is 26.4 Å². The number of esters is 1. The fraction of sp³-hybridized carbons (Fsp3) is 0.268. The number of benzene rings is 3. The van der Waals surface area contributed by atoms with Crippen molar-refractivity contribution in [1.82, 2.24) is 9.55 Å². The number of anilines is 2. The summed E-state index contributed by atoms with van der Waals surface area (Å²) in [5.41, 5.74) is 11.1. The lowest BCUT2D eigenvalue weighted by atomic mass is 9.96. The Balaban J connectivity index is 1.34. The van der Waals surface area contributed by atoms with E-state index in [0.29, 0.717) is 53.9 Å². The minimum atomic E-state index is -0.617. The van der Waals surface area contributed by atoms with Crippen LogP contribution in [0.1, 0.15) is 46.2 Å². The van der Waals surface area contributed by atoms with Crippen molar-refractivity contribution in [3.05, 3.63) is 112 Å². The van der Waals surface area contributed by atoms with Crippen molar-refractivity contribution in [2.45, 2.75) is 33.2 Å². The van der Waals surface area contributed by atoms with Crippen molar-refractivity contribution < 1.29 is 28.5 Å². The third kappa shape index (κ3) is 7.69. The van der Waals surface area contributed by atoms with Crippen LogP contribution >= 0.6 is 0 Å². The van der Waals surface area contributed by atoms with E-state index in [0.717, 1.165) is 35.1 Å². The van der Waals surface area contributed by atoms with Crippen LogP contribution in [0.25, 0.3) is 33.4 Å². The molecule has 3 N–H and O–H groups in total. The summed E-state index contributed by atoms with van der Waals surface area (Å²) in [6, 6.07) is 22.0. The van der Waals surface area contributed by atoms with Crippen molar-refractivity contribution >= 4 is 23.4 Å². The van der Waals surface area contributed by atoms with Crippen LogP contribution in [0.3, 0.4) is 0 Å². The molecule has 11 heteroatoms. The molecule has 11 nitrogen and oxygen atoms in total. The number of pyridine rings is 2. The predicted molar refractivity (Wildman–Crippen MR) is 201 cm³/mol. The van der Waals surface area contributed by atoms with Gasteiger partial charge >= 0.3 is 5.97 Å². The number of nitrogens with zero attached hydrogens (tertiary/aromatic N) is 2. The van der Waals surface area contributed by atoms with Gasteiger partial charge in [0.1, 0.15) is 17.1 Å². The summed E-state index contributed by atoms with van der Waals surface area (Å²) in [5.74, 6) is 0.525. The van der Waals surface area contributed by atoms with Gasteiger partial charge in [0, 0.05) is 49.0 Å². The summed E-state index contributed by atoms with van der Waals surface area (Å²) in [5, 5.41) is 2.88. The van der Waals surface area contributed by atoms with Gasteiger partial charge in [0.2, 0.25) is 5.43 Å². The molecule has 0 bridgehead atoms. The van der Waals surface area contributed by atoms with E-state index in [1.54, 1.807) is 56.2 Å². The molecule has 1 saturated heterocycles. The standard InChI is InChI=1S/C41H42N4O7/c1-5-52-41(48)37-36(28-8-6-25(2)7-9-28)38(46)33(24-45(37)23-26-16-18-51-19-17-26)40(47)44-31-13-10-27(11-14-31)32-20-30(22-43-39(32)42)29-12-15-34(49-3)35(21-29)50-4/h6-15,20-22,24,26H,5,16-19,23H2,1-4H3,(H2,42,43)(H,44,47). The quantitative estimate of drug-likeness (QED) is 0.139. The molecule has 0 aliphatic carbocycles. The number of carbonyl (C=O) groups excluding carboxylic acids is 2. The largest absolute Gasteiger partial charge is 0.493 e. The van der Waals surface area contributed by atoms with Crippen molar-refractivity contribution in [2.24, 2.45) is 5.92 Å². The molecule has 5 aromatic rings. The van der Waals surface area contributed by atoms with Crippen LogP contribution in [-0.4, -0.2) is 55.5 Å². The molecule has 1 amide bonds. The first-order chi connectivity index (χ1) is 25.2. The Kier molecular flexibility index (Phi) is 11.0. The first-order valence-electron chi connectivity index (χ1n) is 17.2. The second-order valence-corrected chi connectivity index (χ2v) is 12.6. The highest BCUT2D eigenvalue weighted by Crippen LogP contribution is 2.35. The Bertz CT molecular complexity index is 2140. The Hall–Kier alpha value is -5.94. The monoisotopic (exact) mass is 702 g/mol. The average molecular weight is 703 g/mol. The molecule has 6 rings (SSSR count). The highest BCUT2D eigenvalue weighted by atomic mass is 16.5. The van der Waals surface area contributed by atoms with Crippen LogP contribution in [-0.2, 0) is 16.0 Å². The number of aryl methyl sites for hydroxylation is 1. The fourth-order valence-corrected chi connectivity index (χ4v) is 6.40.